The summed E-state index contributed by atoms with van der Waals surface area (Å²) in [7, 11) is 1.93. The molecule has 0 bridgehead atoms. The normalized spacial score (nSPS) is 14.8. The van der Waals surface area contributed by atoms with Crippen LogP contribution in [0.5, 0.6) is 0 Å². The number of rotatable bonds is 3. The van der Waals surface area contributed by atoms with E-state index in [1.54, 1.807) is 0 Å². The molecule has 3 heteroatoms. The van der Waals surface area contributed by atoms with E-state index in [2.05, 4.69) is 29.4 Å². The number of hydrazone groups is 1. The van der Waals surface area contributed by atoms with Crippen molar-refractivity contribution in [2.75, 3.05) is 7.05 Å². The van der Waals surface area contributed by atoms with Crippen LogP contribution in [0.1, 0.15) is 17.5 Å². The maximum Gasteiger partial charge on any atom is 0.0296 e. The Kier molecular flexibility index (Phi) is 3.15. The van der Waals surface area contributed by atoms with Gasteiger partial charge in [0, 0.05) is 32.3 Å². The van der Waals surface area contributed by atoms with Crippen LogP contribution in [0, 0.1) is 5.41 Å². The fourth-order valence-corrected chi connectivity index (χ4v) is 1.74. The largest absolute Gasteiger partial charge is 0.313 e. The summed E-state index contributed by atoms with van der Waals surface area (Å²) < 4.78 is 0. The van der Waals surface area contributed by atoms with Gasteiger partial charge in [-0.15, -0.1) is 0 Å². The van der Waals surface area contributed by atoms with Crippen LogP contribution < -0.4 is 0 Å². The minimum absolute atomic E-state index is 0.709. The predicted octanol–water partition coefficient (Wildman–Crippen LogP) is 2.54. The Morgan fingerprint density at radius 2 is 2.12 bits per heavy atom. The van der Waals surface area contributed by atoms with Gasteiger partial charge in [0.25, 0.3) is 0 Å². The highest BCUT2D eigenvalue weighted by Gasteiger charge is 2.05. The highest BCUT2D eigenvalue weighted by molar-refractivity contribution is 5.80. The van der Waals surface area contributed by atoms with Gasteiger partial charge in [-0.3, -0.25) is 5.01 Å². The summed E-state index contributed by atoms with van der Waals surface area (Å²) in [4.78, 5) is 0. The zero-order chi connectivity index (χ0) is 11.4. The Hall–Kier alpha value is -1.90. The lowest BCUT2D eigenvalue weighted by Crippen LogP contribution is -2.08. The number of hydrogen-bond acceptors (Lipinski definition) is 3. The molecule has 1 heterocycles. The van der Waals surface area contributed by atoms with Gasteiger partial charge >= 0.3 is 0 Å². The maximum atomic E-state index is 7.06. The van der Waals surface area contributed by atoms with Crippen molar-refractivity contribution in [3.63, 3.8) is 0 Å². The van der Waals surface area contributed by atoms with Crippen LogP contribution >= 0.6 is 0 Å². The summed E-state index contributed by atoms with van der Waals surface area (Å²) in [6, 6.07) is 8.37. The molecule has 16 heavy (non-hydrogen) atoms. The van der Waals surface area contributed by atoms with Crippen molar-refractivity contribution in [3.8, 4) is 0 Å². The Bertz CT molecular complexity index is 429. The van der Waals surface area contributed by atoms with Crippen molar-refractivity contribution in [2.24, 2.45) is 5.10 Å². The molecule has 0 fully saturated rings. The Balaban J connectivity index is 2.18. The van der Waals surface area contributed by atoms with Gasteiger partial charge < -0.3 is 5.41 Å². The first-order valence-electron chi connectivity index (χ1n) is 5.34. The molecule has 0 amide bonds. The predicted molar refractivity (Wildman–Crippen MR) is 67.8 cm³/mol. The monoisotopic (exact) mass is 213 g/mol. The molecule has 0 atom stereocenters. The fourth-order valence-electron chi connectivity index (χ4n) is 1.74. The molecule has 0 unspecified atom stereocenters. The van der Waals surface area contributed by atoms with Crippen LogP contribution in [0.15, 0.2) is 35.6 Å². The summed E-state index contributed by atoms with van der Waals surface area (Å²) in [5.41, 5.74) is 3.68. The van der Waals surface area contributed by atoms with E-state index >= 15 is 0 Å². The van der Waals surface area contributed by atoms with E-state index in [1.165, 1.54) is 22.9 Å². The Morgan fingerprint density at radius 1 is 1.38 bits per heavy atom. The Morgan fingerprint density at radius 3 is 2.75 bits per heavy atom. The van der Waals surface area contributed by atoms with Gasteiger partial charge in [0.1, 0.15) is 0 Å². The zero-order valence-corrected chi connectivity index (χ0v) is 9.35. The van der Waals surface area contributed by atoms with Crippen molar-refractivity contribution < 1.29 is 0 Å². The summed E-state index contributed by atoms with van der Waals surface area (Å²) in [6.45, 7) is 0. The number of hydrogen-bond donors (Lipinski definition) is 1. The van der Waals surface area contributed by atoms with Crippen LogP contribution in [0.25, 0.3) is 5.57 Å². The van der Waals surface area contributed by atoms with Crippen LogP contribution in [0.3, 0.4) is 0 Å². The van der Waals surface area contributed by atoms with E-state index in [1.807, 2.05) is 24.5 Å². The molecule has 1 aromatic carbocycles. The molecule has 0 aromatic heterocycles. The quantitative estimate of drug-likeness (QED) is 0.770. The minimum atomic E-state index is 0.709. The van der Waals surface area contributed by atoms with Crippen LogP contribution in [-0.4, -0.2) is 24.5 Å². The third-order valence-corrected chi connectivity index (χ3v) is 2.58. The van der Waals surface area contributed by atoms with E-state index < -0.39 is 0 Å². The molecule has 0 saturated heterocycles. The highest BCUT2D eigenvalue weighted by Crippen LogP contribution is 2.20. The van der Waals surface area contributed by atoms with Crippen molar-refractivity contribution >= 4 is 18.0 Å². The van der Waals surface area contributed by atoms with E-state index in [9.17, 15) is 0 Å². The van der Waals surface area contributed by atoms with E-state index in [4.69, 9.17) is 5.41 Å². The van der Waals surface area contributed by atoms with Crippen molar-refractivity contribution in [2.45, 2.75) is 12.8 Å². The van der Waals surface area contributed by atoms with E-state index in [-0.39, 0.29) is 0 Å². The summed E-state index contributed by atoms with van der Waals surface area (Å²) in [6.07, 6.45) is 6.98. The third-order valence-electron chi connectivity index (χ3n) is 2.58. The summed E-state index contributed by atoms with van der Waals surface area (Å²) >= 11 is 0. The molecule has 0 aliphatic carbocycles. The molecular weight excluding hydrogens is 198 g/mol. The van der Waals surface area contributed by atoms with Gasteiger partial charge in [-0.25, -0.2) is 0 Å². The number of nitrogens with one attached hydrogen (secondary N) is 1. The Labute approximate surface area is 95.6 Å². The van der Waals surface area contributed by atoms with E-state index in [0.717, 1.165) is 6.42 Å². The standard InChI is InChI=1S/C13H15N3/c1-16-10-13(7-9-15-16)12-4-2-11(3-5-12)6-8-14/h2-5,8-10,14H,6-7H2,1H3. The maximum absolute atomic E-state index is 7.06. The summed E-state index contributed by atoms with van der Waals surface area (Å²) in [5.74, 6) is 0. The van der Waals surface area contributed by atoms with Crippen LogP contribution in [0.2, 0.25) is 0 Å². The molecule has 0 spiro atoms. The van der Waals surface area contributed by atoms with Crippen molar-refractivity contribution in [1.82, 2.24) is 5.01 Å². The van der Waals surface area contributed by atoms with Gasteiger partial charge in [0.05, 0.1) is 0 Å². The SMILES string of the molecule is CN1C=C(c2ccc(CC=N)cc2)CC=N1. The first-order chi connectivity index (χ1) is 7.79. The van der Waals surface area contributed by atoms with Crippen LogP contribution in [-0.2, 0) is 6.42 Å². The van der Waals surface area contributed by atoms with Gasteiger partial charge in [-0.1, -0.05) is 24.3 Å². The van der Waals surface area contributed by atoms with E-state index in [0.29, 0.717) is 6.42 Å². The molecule has 1 aromatic rings. The second-order valence-electron chi connectivity index (χ2n) is 3.84. The van der Waals surface area contributed by atoms with Gasteiger partial charge in [0.2, 0.25) is 0 Å². The lowest BCUT2D eigenvalue weighted by Gasteiger charge is -2.15. The molecule has 0 radical (unpaired) electrons. The second kappa shape index (κ2) is 4.75. The fraction of sp³-hybridized carbons (Fsp3) is 0.231. The molecule has 1 N–H and O–H groups in total. The molecular formula is C13H15N3. The molecule has 0 saturated carbocycles. The van der Waals surface area contributed by atoms with Crippen molar-refractivity contribution in [1.29, 1.82) is 5.41 Å². The van der Waals surface area contributed by atoms with Gasteiger partial charge in [0.15, 0.2) is 0 Å². The zero-order valence-electron chi connectivity index (χ0n) is 9.35. The highest BCUT2D eigenvalue weighted by atomic mass is 15.4. The first-order valence-corrected chi connectivity index (χ1v) is 5.34. The van der Waals surface area contributed by atoms with Gasteiger partial charge in [-0.2, -0.15) is 5.10 Å². The number of allylic oxidation sites excluding steroid dienone is 1. The second-order valence-corrected chi connectivity index (χ2v) is 3.84. The third kappa shape index (κ3) is 2.37. The molecule has 1 aliphatic rings. The average Bonchev–Trinajstić information content (AvgIpc) is 2.30. The number of benzene rings is 1. The molecule has 2 rings (SSSR count). The number of nitrogens with zero attached hydrogens (tertiary/aromatic N) is 2. The smallest absolute Gasteiger partial charge is 0.0296 e. The van der Waals surface area contributed by atoms with Crippen molar-refractivity contribution in [3.05, 3.63) is 41.6 Å². The lowest BCUT2D eigenvalue weighted by atomic mass is 10.0. The first kappa shape index (κ1) is 10.6. The molecule has 3 nitrogen and oxygen atoms in total. The van der Waals surface area contributed by atoms with Gasteiger partial charge in [-0.05, 0) is 22.9 Å². The topological polar surface area (TPSA) is 39.5 Å². The molecule has 1 aliphatic heterocycles. The minimum Gasteiger partial charge on any atom is -0.313 e. The lowest BCUT2D eigenvalue weighted by molar-refractivity contribution is 0.488. The molecule has 82 valence electrons. The average molecular weight is 213 g/mol. The summed E-state index contributed by atoms with van der Waals surface area (Å²) in [5, 5.41) is 13.0. The van der Waals surface area contributed by atoms with Crippen LogP contribution in [0.4, 0.5) is 0 Å².